The van der Waals surface area contributed by atoms with E-state index in [1.165, 1.54) is 0 Å². The van der Waals surface area contributed by atoms with Gasteiger partial charge >= 0.3 is 0 Å². The van der Waals surface area contributed by atoms with Crippen LogP contribution in [-0.4, -0.2) is 17.3 Å². The lowest BCUT2D eigenvalue weighted by atomic mass is 10.2. The maximum Gasteiger partial charge on any atom is 0.119 e. The molecule has 2 aromatic carbocycles. The van der Waals surface area contributed by atoms with Crippen molar-refractivity contribution in [1.29, 1.82) is 0 Å². The van der Waals surface area contributed by atoms with Gasteiger partial charge in [-0.15, -0.1) is 0 Å². The number of aromatic nitrogens is 2. The molecule has 0 saturated carbocycles. The number of methoxy groups -OCH3 is 1. The molecule has 3 aromatic rings. The molecule has 0 atom stereocenters. The van der Waals surface area contributed by atoms with E-state index >= 15 is 0 Å². The molecular weight excluding hydrogens is 250 g/mol. The molecule has 0 bridgehead atoms. The second-order valence-corrected chi connectivity index (χ2v) is 4.48. The van der Waals surface area contributed by atoms with E-state index in [-0.39, 0.29) is 0 Å². The predicted molar refractivity (Wildman–Crippen MR) is 79.9 cm³/mol. The average Bonchev–Trinajstić information content (AvgIpc) is 2.53. The standard InChI is InChI=1S/C16H15N3O/c1-20-13-6-4-5-12(9-13)10-17-16-11-18-19-15-8-3-2-7-14(15)16/h2-9,11H,10H2,1H3,(H,17,19). The van der Waals surface area contributed by atoms with Gasteiger partial charge in [-0.25, -0.2) is 0 Å². The van der Waals surface area contributed by atoms with Crippen LogP contribution in [0, 0.1) is 0 Å². The van der Waals surface area contributed by atoms with Gasteiger partial charge in [-0.3, -0.25) is 0 Å². The van der Waals surface area contributed by atoms with Crippen LogP contribution in [0.5, 0.6) is 5.75 Å². The number of nitrogens with zero attached hydrogens (tertiary/aromatic N) is 2. The number of hydrogen-bond acceptors (Lipinski definition) is 4. The van der Waals surface area contributed by atoms with Gasteiger partial charge in [0.15, 0.2) is 0 Å². The molecule has 0 aliphatic carbocycles. The largest absolute Gasteiger partial charge is 0.497 e. The zero-order chi connectivity index (χ0) is 13.8. The summed E-state index contributed by atoms with van der Waals surface area (Å²) in [7, 11) is 1.67. The molecule has 4 heteroatoms. The molecule has 20 heavy (non-hydrogen) atoms. The summed E-state index contributed by atoms with van der Waals surface area (Å²) in [6, 6.07) is 16.0. The first-order chi connectivity index (χ1) is 9.86. The van der Waals surface area contributed by atoms with Crippen LogP contribution in [0.4, 0.5) is 5.69 Å². The van der Waals surface area contributed by atoms with Crippen LogP contribution in [0.2, 0.25) is 0 Å². The lowest BCUT2D eigenvalue weighted by Crippen LogP contribution is -2.01. The van der Waals surface area contributed by atoms with E-state index in [9.17, 15) is 0 Å². The fourth-order valence-electron chi connectivity index (χ4n) is 2.13. The van der Waals surface area contributed by atoms with Crippen LogP contribution in [0.25, 0.3) is 10.9 Å². The van der Waals surface area contributed by atoms with Gasteiger partial charge < -0.3 is 10.1 Å². The van der Waals surface area contributed by atoms with Crippen LogP contribution in [0.15, 0.2) is 54.7 Å². The Bertz CT molecular complexity index is 722. The van der Waals surface area contributed by atoms with Crippen molar-refractivity contribution >= 4 is 16.6 Å². The van der Waals surface area contributed by atoms with E-state index in [0.29, 0.717) is 6.54 Å². The number of fused-ring (bicyclic) bond motifs is 1. The van der Waals surface area contributed by atoms with Crippen LogP contribution >= 0.6 is 0 Å². The van der Waals surface area contributed by atoms with Gasteiger partial charge in [-0.2, -0.15) is 10.2 Å². The summed E-state index contributed by atoms with van der Waals surface area (Å²) < 4.78 is 5.23. The number of benzene rings is 2. The Morgan fingerprint density at radius 3 is 2.90 bits per heavy atom. The van der Waals surface area contributed by atoms with E-state index in [0.717, 1.165) is 27.9 Å². The summed E-state index contributed by atoms with van der Waals surface area (Å²) in [5, 5.41) is 12.6. The molecule has 4 nitrogen and oxygen atoms in total. The lowest BCUT2D eigenvalue weighted by Gasteiger charge is -2.09. The van der Waals surface area contributed by atoms with Crippen LogP contribution in [0.3, 0.4) is 0 Å². The first-order valence-electron chi connectivity index (χ1n) is 6.44. The summed E-state index contributed by atoms with van der Waals surface area (Å²) in [6.45, 7) is 0.715. The fraction of sp³-hybridized carbons (Fsp3) is 0.125. The molecule has 1 aromatic heterocycles. The Hall–Kier alpha value is -2.62. The van der Waals surface area contributed by atoms with Gasteiger partial charge in [0.2, 0.25) is 0 Å². The summed E-state index contributed by atoms with van der Waals surface area (Å²) in [5.41, 5.74) is 3.03. The van der Waals surface area contributed by atoms with Gasteiger partial charge in [0.1, 0.15) is 5.75 Å². The third-order valence-electron chi connectivity index (χ3n) is 3.16. The Labute approximate surface area is 117 Å². The van der Waals surface area contributed by atoms with E-state index in [2.05, 4.69) is 21.6 Å². The highest BCUT2D eigenvalue weighted by atomic mass is 16.5. The molecule has 0 radical (unpaired) electrons. The normalized spacial score (nSPS) is 10.4. The number of hydrogen-bond donors (Lipinski definition) is 1. The van der Waals surface area contributed by atoms with Gasteiger partial charge in [-0.1, -0.05) is 30.3 Å². The lowest BCUT2D eigenvalue weighted by molar-refractivity contribution is 0.414. The zero-order valence-electron chi connectivity index (χ0n) is 11.2. The third-order valence-corrected chi connectivity index (χ3v) is 3.16. The van der Waals surface area contributed by atoms with Crippen LogP contribution in [0.1, 0.15) is 5.56 Å². The minimum Gasteiger partial charge on any atom is -0.497 e. The number of anilines is 1. The second-order valence-electron chi connectivity index (χ2n) is 4.48. The monoisotopic (exact) mass is 265 g/mol. The molecule has 0 aliphatic heterocycles. The molecule has 1 heterocycles. The third kappa shape index (κ3) is 2.54. The summed E-state index contributed by atoms with van der Waals surface area (Å²) in [5.74, 6) is 0.863. The molecule has 0 aliphatic rings. The van der Waals surface area contributed by atoms with Crippen molar-refractivity contribution in [3.05, 3.63) is 60.3 Å². The van der Waals surface area contributed by atoms with E-state index in [1.54, 1.807) is 13.3 Å². The molecule has 0 saturated heterocycles. The molecular formula is C16H15N3O. The Morgan fingerprint density at radius 2 is 2.00 bits per heavy atom. The number of ether oxygens (including phenoxy) is 1. The first kappa shape index (κ1) is 12.4. The number of rotatable bonds is 4. The first-order valence-corrected chi connectivity index (χ1v) is 6.44. The highest BCUT2D eigenvalue weighted by Crippen LogP contribution is 2.21. The fourth-order valence-corrected chi connectivity index (χ4v) is 2.13. The highest BCUT2D eigenvalue weighted by molar-refractivity contribution is 5.90. The summed E-state index contributed by atoms with van der Waals surface area (Å²) >= 11 is 0. The minimum atomic E-state index is 0.715. The van der Waals surface area contributed by atoms with E-state index < -0.39 is 0 Å². The van der Waals surface area contributed by atoms with Gasteiger partial charge in [0.05, 0.1) is 24.5 Å². The van der Waals surface area contributed by atoms with Crippen molar-refractivity contribution < 1.29 is 4.74 Å². The van der Waals surface area contributed by atoms with Gasteiger partial charge in [0, 0.05) is 11.9 Å². The van der Waals surface area contributed by atoms with Crippen molar-refractivity contribution in [3.8, 4) is 5.75 Å². The van der Waals surface area contributed by atoms with E-state index in [4.69, 9.17) is 4.74 Å². The summed E-state index contributed by atoms with van der Waals surface area (Å²) in [4.78, 5) is 0. The van der Waals surface area contributed by atoms with Crippen LogP contribution < -0.4 is 10.1 Å². The molecule has 100 valence electrons. The second kappa shape index (κ2) is 5.57. The molecule has 0 spiro atoms. The van der Waals surface area contributed by atoms with Crippen LogP contribution in [-0.2, 0) is 6.54 Å². The smallest absolute Gasteiger partial charge is 0.119 e. The SMILES string of the molecule is COc1cccc(CNc2cnnc3ccccc23)c1. The highest BCUT2D eigenvalue weighted by Gasteiger charge is 2.02. The Kier molecular flexibility index (Phi) is 3.46. The predicted octanol–water partition coefficient (Wildman–Crippen LogP) is 3.25. The van der Waals surface area contributed by atoms with Gasteiger partial charge in [0.25, 0.3) is 0 Å². The quantitative estimate of drug-likeness (QED) is 0.786. The van der Waals surface area contributed by atoms with Crippen molar-refractivity contribution in [2.24, 2.45) is 0 Å². The topological polar surface area (TPSA) is 47.0 Å². The Morgan fingerprint density at radius 1 is 1.10 bits per heavy atom. The van der Waals surface area contributed by atoms with Crippen molar-refractivity contribution in [2.75, 3.05) is 12.4 Å². The Balaban J connectivity index is 1.83. The maximum absolute atomic E-state index is 5.23. The summed E-state index contributed by atoms with van der Waals surface area (Å²) in [6.07, 6.45) is 1.75. The molecule has 0 amide bonds. The van der Waals surface area contributed by atoms with Gasteiger partial charge in [-0.05, 0) is 23.8 Å². The molecule has 1 N–H and O–H groups in total. The van der Waals surface area contributed by atoms with E-state index in [1.807, 2.05) is 42.5 Å². The average molecular weight is 265 g/mol. The maximum atomic E-state index is 5.23. The number of nitrogens with one attached hydrogen (secondary N) is 1. The van der Waals surface area contributed by atoms with Crippen molar-refractivity contribution in [2.45, 2.75) is 6.54 Å². The molecule has 3 rings (SSSR count). The molecule has 0 unspecified atom stereocenters. The minimum absolute atomic E-state index is 0.715. The van der Waals surface area contributed by atoms with Crippen molar-refractivity contribution in [1.82, 2.24) is 10.2 Å². The zero-order valence-corrected chi connectivity index (χ0v) is 11.2. The van der Waals surface area contributed by atoms with Crippen molar-refractivity contribution in [3.63, 3.8) is 0 Å². The molecule has 0 fully saturated rings.